The first-order chi connectivity index (χ1) is 16.7. The summed E-state index contributed by atoms with van der Waals surface area (Å²) in [5.74, 6) is 1.83. The predicted octanol–water partition coefficient (Wildman–Crippen LogP) is 3.76. The van der Waals surface area contributed by atoms with Crippen molar-refractivity contribution in [2.24, 2.45) is 5.92 Å². The first-order valence-corrected chi connectivity index (χ1v) is 11.9. The normalized spacial score (nSPS) is 20.6. The molecular weight excluding hydrogens is 430 g/mol. The number of fused-ring (bicyclic) bond motifs is 1. The van der Waals surface area contributed by atoms with Crippen LogP contribution in [-0.4, -0.2) is 52.2 Å². The van der Waals surface area contributed by atoms with Gasteiger partial charge in [-0.1, -0.05) is 6.08 Å². The van der Waals surface area contributed by atoms with Crippen molar-refractivity contribution < 1.29 is 14.3 Å². The Morgan fingerprint density at radius 2 is 1.97 bits per heavy atom. The van der Waals surface area contributed by atoms with E-state index in [0.29, 0.717) is 18.2 Å². The Hall–Kier alpha value is -3.39. The smallest absolute Gasteiger partial charge is 0.269 e. The molecule has 5 rings (SSSR count). The Labute approximate surface area is 198 Å². The zero-order chi connectivity index (χ0) is 23.3. The van der Waals surface area contributed by atoms with Crippen LogP contribution < -0.4 is 10.1 Å². The second-order valence-corrected chi connectivity index (χ2v) is 8.85. The van der Waals surface area contributed by atoms with Crippen LogP contribution in [0.2, 0.25) is 0 Å². The van der Waals surface area contributed by atoms with E-state index in [1.807, 2.05) is 0 Å². The van der Waals surface area contributed by atoms with Crippen LogP contribution in [-0.2, 0) is 11.2 Å². The second kappa shape index (κ2) is 10.3. The fraction of sp³-hybridized carbons (Fsp3) is 0.423. The lowest BCUT2D eigenvalue weighted by Gasteiger charge is -2.29. The van der Waals surface area contributed by atoms with E-state index in [9.17, 15) is 4.79 Å². The molecule has 1 aromatic carbocycles. The topological polar surface area (TPSA) is 99.1 Å². The Morgan fingerprint density at radius 1 is 1.12 bits per heavy atom. The van der Waals surface area contributed by atoms with Crippen LogP contribution in [0.25, 0.3) is 16.6 Å². The van der Waals surface area contributed by atoms with E-state index in [0.717, 1.165) is 73.3 Å². The van der Waals surface area contributed by atoms with Gasteiger partial charge >= 0.3 is 0 Å². The summed E-state index contributed by atoms with van der Waals surface area (Å²) < 4.78 is 12.0. The number of benzene rings is 1. The highest BCUT2D eigenvalue weighted by Crippen LogP contribution is 2.34. The van der Waals surface area contributed by atoms with Gasteiger partial charge in [-0.2, -0.15) is 0 Å². The Kier molecular flexibility index (Phi) is 6.76. The molecule has 176 valence electrons. The van der Waals surface area contributed by atoms with Gasteiger partial charge in [-0.25, -0.2) is 15.0 Å². The van der Waals surface area contributed by atoms with Crippen molar-refractivity contribution in [1.82, 2.24) is 25.3 Å². The van der Waals surface area contributed by atoms with E-state index < -0.39 is 0 Å². The third-order valence-corrected chi connectivity index (χ3v) is 6.60. The quantitative estimate of drug-likeness (QED) is 0.599. The largest absolute Gasteiger partial charge is 0.488 e. The molecule has 0 bridgehead atoms. The van der Waals surface area contributed by atoms with Gasteiger partial charge in [0.1, 0.15) is 22.8 Å². The fourth-order valence-electron chi connectivity index (χ4n) is 4.75. The molecule has 0 radical (unpaired) electrons. The average molecular weight is 460 g/mol. The maximum Gasteiger partial charge on any atom is 0.269 e. The zero-order valence-electron chi connectivity index (χ0n) is 19.4. The molecule has 8 heteroatoms. The van der Waals surface area contributed by atoms with Gasteiger partial charge in [-0.3, -0.25) is 9.78 Å². The number of aromatic nitrogens is 4. The minimum absolute atomic E-state index is 0.137. The third-order valence-electron chi connectivity index (χ3n) is 6.60. The number of ether oxygens (including phenoxy) is 2. The van der Waals surface area contributed by atoms with Crippen molar-refractivity contribution in [3.8, 4) is 5.75 Å². The fourth-order valence-corrected chi connectivity index (χ4v) is 4.75. The molecule has 2 aliphatic rings. The van der Waals surface area contributed by atoms with Crippen molar-refractivity contribution >= 4 is 22.5 Å². The molecule has 3 heterocycles. The highest BCUT2D eigenvalue weighted by molar-refractivity contribution is 5.91. The standard InChI is InChI=1S/C26H29N5O3/c1-27-26(32)21-6-9-29-24(31-21)14-17-2-4-20(5-3-17)34-23-16-19(18-7-12-33-13-8-18)15-22-25(23)30-11-10-28-22/h6-7,9-11,15-17,20H,2-5,8,12-14H2,1H3,(H,27,32). The number of amides is 1. The second-order valence-electron chi connectivity index (χ2n) is 8.85. The maximum atomic E-state index is 11.9. The van der Waals surface area contributed by atoms with Gasteiger partial charge in [0, 0.05) is 32.1 Å². The van der Waals surface area contributed by atoms with Crippen molar-refractivity contribution in [2.75, 3.05) is 20.3 Å². The van der Waals surface area contributed by atoms with E-state index in [4.69, 9.17) is 9.47 Å². The number of carbonyl (C=O) groups excluding carboxylic acids is 1. The van der Waals surface area contributed by atoms with E-state index >= 15 is 0 Å². The van der Waals surface area contributed by atoms with Gasteiger partial charge in [-0.05, 0) is 67.4 Å². The highest BCUT2D eigenvalue weighted by Gasteiger charge is 2.25. The summed E-state index contributed by atoms with van der Waals surface area (Å²) in [5.41, 5.74) is 4.47. The molecular formula is C26H29N5O3. The third kappa shape index (κ3) is 5.07. The number of hydrogen-bond acceptors (Lipinski definition) is 7. The van der Waals surface area contributed by atoms with Crippen LogP contribution in [0.3, 0.4) is 0 Å². The summed E-state index contributed by atoms with van der Waals surface area (Å²) in [6.45, 7) is 1.38. The molecule has 34 heavy (non-hydrogen) atoms. The molecule has 0 spiro atoms. The molecule has 3 aromatic rings. The minimum Gasteiger partial charge on any atom is -0.488 e. The number of hydrogen-bond donors (Lipinski definition) is 1. The van der Waals surface area contributed by atoms with E-state index in [2.05, 4.69) is 43.5 Å². The molecule has 2 aromatic heterocycles. The number of carbonyl (C=O) groups is 1. The molecule has 0 saturated heterocycles. The highest BCUT2D eigenvalue weighted by atomic mass is 16.5. The first-order valence-electron chi connectivity index (χ1n) is 11.9. The van der Waals surface area contributed by atoms with Gasteiger partial charge in [0.25, 0.3) is 5.91 Å². The Balaban J connectivity index is 1.26. The van der Waals surface area contributed by atoms with Crippen molar-refractivity contribution in [3.63, 3.8) is 0 Å². The Bertz CT molecular complexity index is 1200. The summed E-state index contributed by atoms with van der Waals surface area (Å²) in [6.07, 6.45) is 13.0. The van der Waals surface area contributed by atoms with Gasteiger partial charge < -0.3 is 14.8 Å². The van der Waals surface area contributed by atoms with Crippen molar-refractivity contribution in [1.29, 1.82) is 0 Å². The number of nitrogens with zero attached hydrogens (tertiary/aromatic N) is 4. The zero-order valence-corrected chi connectivity index (χ0v) is 19.4. The molecule has 8 nitrogen and oxygen atoms in total. The summed E-state index contributed by atoms with van der Waals surface area (Å²) >= 11 is 0. The lowest BCUT2D eigenvalue weighted by molar-refractivity contribution is 0.0957. The van der Waals surface area contributed by atoms with Gasteiger partial charge in [0.2, 0.25) is 0 Å². The summed E-state index contributed by atoms with van der Waals surface area (Å²) in [5, 5.41) is 2.61. The molecule has 1 amide bonds. The molecule has 1 saturated carbocycles. The number of nitrogens with one attached hydrogen (secondary N) is 1. The van der Waals surface area contributed by atoms with Gasteiger partial charge in [0.15, 0.2) is 0 Å². The molecule has 1 fully saturated rings. The first kappa shape index (κ1) is 22.4. The van der Waals surface area contributed by atoms with Crippen LogP contribution in [0, 0.1) is 5.92 Å². The lowest BCUT2D eigenvalue weighted by Crippen LogP contribution is -2.26. The molecule has 0 unspecified atom stereocenters. The maximum absolute atomic E-state index is 11.9. The van der Waals surface area contributed by atoms with E-state index in [-0.39, 0.29) is 12.0 Å². The predicted molar refractivity (Wildman–Crippen MR) is 128 cm³/mol. The van der Waals surface area contributed by atoms with E-state index in [1.165, 1.54) is 5.57 Å². The molecule has 1 N–H and O–H groups in total. The summed E-state index contributed by atoms with van der Waals surface area (Å²) in [4.78, 5) is 29.7. The van der Waals surface area contributed by atoms with Crippen LogP contribution in [0.15, 0.2) is 42.9 Å². The van der Waals surface area contributed by atoms with Crippen LogP contribution in [0.5, 0.6) is 5.75 Å². The van der Waals surface area contributed by atoms with E-state index in [1.54, 1.807) is 31.7 Å². The summed E-state index contributed by atoms with van der Waals surface area (Å²) in [6, 6.07) is 5.85. The average Bonchev–Trinajstić information content (AvgIpc) is 2.90. The molecule has 0 atom stereocenters. The van der Waals surface area contributed by atoms with Crippen LogP contribution in [0.1, 0.15) is 54.0 Å². The molecule has 1 aliphatic carbocycles. The van der Waals surface area contributed by atoms with Gasteiger partial charge in [-0.15, -0.1) is 0 Å². The van der Waals surface area contributed by atoms with Crippen molar-refractivity contribution in [2.45, 2.75) is 44.6 Å². The molecule has 1 aliphatic heterocycles. The summed E-state index contributed by atoms with van der Waals surface area (Å²) in [7, 11) is 1.61. The number of rotatable bonds is 6. The van der Waals surface area contributed by atoms with Gasteiger partial charge in [0.05, 0.1) is 24.8 Å². The van der Waals surface area contributed by atoms with Crippen LogP contribution in [0.4, 0.5) is 0 Å². The van der Waals surface area contributed by atoms with Crippen molar-refractivity contribution in [3.05, 3.63) is 59.9 Å². The monoisotopic (exact) mass is 459 g/mol. The van der Waals surface area contributed by atoms with Crippen LogP contribution >= 0.6 is 0 Å². The lowest BCUT2D eigenvalue weighted by atomic mass is 9.85. The minimum atomic E-state index is -0.185. The Morgan fingerprint density at radius 3 is 2.76 bits per heavy atom. The SMILES string of the molecule is CNC(=O)c1ccnc(CC2CCC(Oc3cc(C4=CCOCC4)cc4nccnc34)CC2)n1.